The molecule has 21 heavy (non-hydrogen) atoms. The van der Waals surface area contributed by atoms with Crippen LogP contribution in [0.1, 0.15) is 11.1 Å². The van der Waals surface area contributed by atoms with Gasteiger partial charge in [0.1, 0.15) is 0 Å². The topological polar surface area (TPSA) is 88.3 Å². The van der Waals surface area contributed by atoms with Crippen LogP contribution in [-0.2, 0) is 21.3 Å². The van der Waals surface area contributed by atoms with Crippen LogP contribution in [0.2, 0.25) is 0 Å². The Balaban J connectivity index is 2.22. The average Bonchev–Trinajstić information content (AvgIpc) is 2.43. The zero-order valence-electron chi connectivity index (χ0n) is 12.0. The molecule has 1 heterocycles. The van der Waals surface area contributed by atoms with Gasteiger partial charge in [-0.3, -0.25) is 4.79 Å². The lowest BCUT2D eigenvalue weighted by atomic mass is 10.1. The van der Waals surface area contributed by atoms with Crippen molar-refractivity contribution in [2.75, 3.05) is 19.5 Å². The van der Waals surface area contributed by atoms with Crippen molar-refractivity contribution in [2.45, 2.75) is 13.5 Å². The summed E-state index contributed by atoms with van der Waals surface area (Å²) >= 11 is 0. The molecule has 0 fully saturated rings. The van der Waals surface area contributed by atoms with Crippen LogP contribution < -0.4 is 10.3 Å². The Morgan fingerprint density at radius 3 is 2.76 bits per heavy atom. The molecule has 1 aromatic carbocycles. The molecule has 0 aliphatic heterocycles. The number of benzene rings is 1. The van der Waals surface area contributed by atoms with Crippen LogP contribution in [0, 0.1) is 6.92 Å². The molecule has 0 amide bonds. The number of aromatic nitrogens is 1. The molecule has 2 rings (SSSR count). The molecule has 0 saturated carbocycles. The van der Waals surface area contributed by atoms with Crippen molar-refractivity contribution in [3.8, 4) is 0 Å². The van der Waals surface area contributed by atoms with Gasteiger partial charge in [0.25, 0.3) is 5.56 Å². The Morgan fingerprint density at radius 2 is 2.05 bits per heavy atom. The molecule has 0 unspecified atom stereocenters. The fraction of sp³-hybridized carbons (Fsp3) is 0.357. The molecule has 2 N–H and O–H groups in total. The number of sulfonamides is 1. The Labute approximate surface area is 123 Å². The normalized spacial score (nSPS) is 11.9. The number of hydrogen-bond donors (Lipinski definition) is 2. The number of rotatable bonds is 6. The number of pyridine rings is 1. The van der Waals surface area contributed by atoms with Crippen LogP contribution in [0.5, 0.6) is 0 Å². The second-order valence-electron chi connectivity index (χ2n) is 4.85. The molecule has 6 nitrogen and oxygen atoms in total. The number of aromatic amines is 1. The van der Waals surface area contributed by atoms with Gasteiger partial charge in [-0.1, -0.05) is 11.6 Å². The second-order valence-corrected chi connectivity index (χ2v) is 6.77. The van der Waals surface area contributed by atoms with Crippen molar-refractivity contribution < 1.29 is 13.2 Å². The lowest BCUT2D eigenvalue weighted by molar-refractivity contribution is 0.217. The molecule has 0 aliphatic rings. The summed E-state index contributed by atoms with van der Waals surface area (Å²) in [5, 5.41) is 0.876. The van der Waals surface area contributed by atoms with Crippen LogP contribution in [0.3, 0.4) is 0 Å². The van der Waals surface area contributed by atoms with E-state index in [4.69, 9.17) is 4.74 Å². The molecule has 114 valence electrons. The lowest BCUT2D eigenvalue weighted by Crippen LogP contribution is -2.30. The van der Waals surface area contributed by atoms with E-state index in [0.717, 1.165) is 16.5 Å². The molecule has 0 bridgehead atoms. The van der Waals surface area contributed by atoms with E-state index in [0.29, 0.717) is 5.56 Å². The minimum Gasteiger partial charge on any atom is -0.384 e. The lowest BCUT2D eigenvalue weighted by Gasteiger charge is -2.07. The molecule has 0 aliphatic carbocycles. The third-order valence-electron chi connectivity index (χ3n) is 3.12. The summed E-state index contributed by atoms with van der Waals surface area (Å²) in [6.07, 6.45) is 0. The van der Waals surface area contributed by atoms with Gasteiger partial charge in [0.15, 0.2) is 0 Å². The maximum absolute atomic E-state index is 11.9. The van der Waals surface area contributed by atoms with Gasteiger partial charge in [-0.05, 0) is 30.5 Å². The van der Waals surface area contributed by atoms with Gasteiger partial charge in [-0.25, -0.2) is 13.1 Å². The highest BCUT2D eigenvalue weighted by Crippen LogP contribution is 2.13. The first-order valence-corrected chi connectivity index (χ1v) is 8.15. The first-order chi connectivity index (χ1) is 9.91. The highest BCUT2D eigenvalue weighted by Gasteiger charge is 2.11. The van der Waals surface area contributed by atoms with Crippen LogP contribution in [0.15, 0.2) is 29.1 Å². The molecular weight excluding hydrogens is 292 g/mol. The van der Waals surface area contributed by atoms with Crippen LogP contribution in [-0.4, -0.2) is 32.9 Å². The highest BCUT2D eigenvalue weighted by atomic mass is 32.2. The molecule has 2 aromatic rings. The van der Waals surface area contributed by atoms with Crippen LogP contribution in [0.25, 0.3) is 10.9 Å². The van der Waals surface area contributed by atoms with Crippen LogP contribution in [0.4, 0.5) is 0 Å². The SMILES string of the molecule is COCCS(=O)(=O)NCc1cc2cc(C)ccc2[nH]c1=O. The maximum Gasteiger partial charge on any atom is 0.252 e. The molecule has 0 radical (unpaired) electrons. The summed E-state index contributed by atoms with van der Waals surface area (Å²) in [6, 6.07) is 7.39. The Morgan fingerprint density at radius 1 is 1.29 bits per heavy atom. The zero-order valence-corrected chi connectivity index (χ0v) is 12.8. The Hall–Kier alpha value is -1.70. The first kappa shape index (κ1) is 15.7. The largest absolute Gasteiger partial charge is 0.384 e. The fourth-order valence-corrected chi connectivity index (χ4v) is 2.86. The fourth-order valence-electron chi connectivity index (χ4n) is 1.96. The van der Waals surface area contributed by atoms with E-state index in [1.807, 2.05) is 25.1 Å². The quantitative estimate of drug-likeness (QED) is 0.830. The van der Waals surface area contributed by atoms with E-state index in [2.05, 4.69) is 9.71 Å². The predicted octanol–water partition coefficient (Wildman–Crippen LogP) is 0.902. The van der Waals surface area contributed by atoms with Gasteiger partial charge in [-0.2, -0.15) is 0 Å². The van der Waals surface area contributed by atoms with Crippen molar-refractivity contribution in [1.82, 2.24) is 9.71 Å². The number of nitrogens with one attached hydrogen (secondary N) is 2. The van der Waals surface area contributed by atoms with Gasteiger partial charge in [0, 0.05) is 24.7 Å². The van der Waals surface area contributed by atoms with E-state index in [1.54, 1.807) is 6.07 Å². The molecule has 0 saturated heterocycles. The smallest absolute Gasteiger partial charge is 0.252 e. The number of fused-ring (bicyclic) bond motifs is 1. The minimum atomic E-state index is -3.45. The second kappa shape index (κ2) is 6.38. The minimum absolute atomic E-state index is 0.0364. The van der Waals surface area contributed by atoms with Crippen molar-refractivity contribution in [1.29, 1.82) is 0 Å². The summed E-state index contributed by atoms with van der Waals surface area (Å²) in [7, 11) is -2.01. The first-order valence-electron chi connectivity index (χ1n) is 6.50. The highest BCUT2D eigenvalue weighted by molar-refractivity contribution is 7.89. The number of H-pyrrole nitrogens is 1. The molecule has 7 heteroatoms. The summed E-state index contributed by atoms with van der Waals surface area (Å²) in [4.78, 5) is 14.7. The maximum atomic E-state index is 11.9. The van der Waals surface area contributed by atoms with Gasteiger partial charge in [-0.15, -0.1) is 0 Å². The van der Waals surface area contributed by atoms with Crippen LogP contribution >= 0.6 is 0 Å². The summed E-state index contributed by atoms with van der Waals surface area (Å²) < 4.78 is 30.5. The van der Waals surface area contributed by atoms with E-state index in [9.17, 15) is 13.2 Å². The summed E-state index contributed by atoms with van der Waals surface area (Å²) in [5.41, 5.74) is 1.90. The van der Waals surface area contributed by atoms with Crippen molar-refractivity contribution in [2.24, 2.45) is 0 Å². The molecular formula is C14H18N2O4S. The molecule has 1 aromatic heterocycles. The van der Waals surface area contributed by atoms with Crippen molar-refractivity contribution >= 4 is 20.9 Å². The number of ether oxygens (including phenoxy) is 1. The van der Waals surface area contributed by atoms with E-state index >= 15 is 0 Å². The Kier molecular flexibility index (Phi) is 4.76. The van der Waals surface area contributed by atoms with Gasteiger partial charge < -0.3 is 9.72 Å². The van der Waals surface area contributed by atoms with Gasteiger partial charge >= 0.3 is 0 Å². The summed E-state index contributed by atoms with van der Waals surface area (Å²) in [6.45, 7) is 2.03. The van der Waals surface area contributed by atoms with Crippen molar-refractivity contribution in [3.63, 3.8) is 0 Å². The van der Waals surface area contributed by atoms with E-state index < -0.39 is 10.0 Å². The molecule has 0 spiro atoms. The standard InChI is InChI=1S/C14H18N2O4S/c1-10-3-4-13-11(7-10)8-12(14(17)16-13)9-15-21(18,19)6-5-20-2/h3-4,7-8,15H,5-6,9H2,1-2H3,(H,16,17). The third kappa shape index (κ3) is 4.13. The van der Waals surface area contributed by atoms with E-state index in [1.165, 1.54) is 7.11 Å². The number of aryl methyl sites for hydroxylation is 1. The monoisotopic (exact) mass is 310 g/mol. The van der Waals surface area contributed by atoms with Crippen molar-refractivity contribution in [3.05, 3.63) is 45.7 Å². The zero-order chi connectivity index (χ0) is 15.5. The Bertz CT molecular complexity index is 796. The molecule has 0 atom stereocenters. The van der Waals surface area contributed by atoms with Gasteiger partial charge in [0.05, 0.1) is 12.4 Å². The summed E-state index contributed by atoms with van der Waals surface area (Å²) in [5.74, 6) is -0.131. The average molecular weight is 310 g/mol. The number of hydrogen-bond acceptors (Lipinski definition) is 4. The predicted molar refractivity (Wildman–Crippen MR) is 81.8 cm³/mol. The number of methoxy groups -OCH3 is 1. The van der Waals surface area contributed by atoms with Gasteiger partial charge in [0.2, 0.25) is 10.0 Å². The third-order valence-corrected chi connectivity index (χ3v) is 4.40. The van der Waals surface area contributed by atoms with E-state index in [-0.39, 0.29) is 24.5 Å².